The first-order valence-electron chi connectivity index (χ1n) is 13.7. The Kier molecular flexibility index (Phi) is 9.42. The van der Waals surface area contributed by atoms with E-state index in [0.29, 0.717) is 46.8 Å². The van der Waals surface area contributed by atoms with E-state index in [9.17, 15) is 9.59 Å². The van der Waals surface area contributed by atoms with Crippen LogP contribution in [0.3, 0.4) is 0 Å². The fraction of sp³-hybridized carbons (Fsp3) is 0.273. The minimum absolute atomic E-state index is 0.182. The van der Waals surface area contributed by atoms with E-state index in [-0.39, 0.29) is 18.1 Å². The molecule has 9 nitrogen and oxygen atoms in total. The highest BCUT2D eigenvalue weighted by Crippen LogP contribution is 2.35. The molecule has 2 N–H and O–H groups in total. The van der Waals surface area contributed by atoms with Gasteiger partial charge >= 0.3 is 0 Å². The smallest absolute Gasteiger partial charge is 0.282 e. The number of nitrogens with two attached hydrogens (primary N) is 1. The van der Waals surface area contributed by atoms with Crippen LogP contribution in [0.2, 0.25) is 0 Å². The van der Waals surface area contributed by atoms with Gasteiger partial charge in [-0.05, 0) is 79.3 Å². The number of carbonyl (C=O) groups is 1. The number of amides is 1. The van der Waals surface area contributed by atoms with Crippen LogP contribution >= 0.6 is 0 Å². The number of hydrogen-bond acceptors (Lipinski definition) is 7. The highest BCUT2D eigenvalue weighted by molar-refractivity contribution is 5.84. The molecule has 0 aliphatic rings. The van der Waals surface area contributed by atoms with Crippen molar-refractivity contribution in [2.24, 2.45) is 10.8 Å². The summed E-state index contributed by atoms with van der Waals surface area (Å²) in [6.07, 6.45) is 3.73. The van der Waals surface area contributed by atoms with E-state index in [1.54, 1.807) is 30.5 Å². The lowest BCUT2D eigenvalue weighted by atomic mass is 9.96. The number of fused-ring (bicyclic) bond motifs is 1. The lowest BCUT2D eigenvalue weighted by molar-refractivity contribution is -0.119. The fourth-order valence-corrected chi connectivity index (χ4v) is 4.72. The minimum atomic E-state index is -0.604. The van der Waals surface area contributed by atoms with Gasteiger partial charge in [-0.15, -0.1) is 6.58 Å². The molecule has 0 saturated heterocycles. The average Bonchev–Trinajstić information content (AvgIpc) is 2.96. The van der Waals surface area contributed by atoms with Crippen molar-refractivity contribution in [1.29, 1.82) is 0 Å². The topological polar surface area (TPSA) is 118 Å². The molecular weight excluding hydrogens is 532 g/mol. The number of aryl methyl sites for hydroxylation is 1. The third kappa shape index (κ3) is 6.35. The maximum atomic E-state index is 13.8. The summed E-state index contributed by atoms with van der Waals surface area (Å²) < 4.78 is 18.4. The number of para-hydroxylation sites is 1. The molecule has 42 heavy (non-hydrogen) atoms. The minimum Gasteiger partial charge on any atom is -0.494 e. The number of allylic oxidation sites excluding steroid dienone is 1. The van der Waals surface area contributed by atoms with E-state index in [0.717, 1.165) is 28.0 Å². The van der Waals surface area contributed by atoms with Gasteiger partial charge in [0.1, 0.15) is 5.75 Å². The van der Waals surface area contributed by atoms with Crippen LogP contribution < -0.4 is 25.5 Å². The lowest BCUT2D eigenvalue weighted by Crippen LogP contribution is -2.21. The molecule has 0 radical (unpaired) electrons. The Balaban J connectivity index is 1.92. The van der Waals surface area contributed by atoms with Crippen LogP contribution in [0.15, 0.2) is 71.1 Å². The number of ether oxygens (including phenoxy) is 3. The molecule has 9 heteroatoms. The highest BCUT2D eigenvalue weighted by Gasteiger charge is 2.19. The number of nitrogens with zero attached hydrogens (tertiary/aromatic N) is 3. The largest absolute Gasteiger partial charge is 0.494 e. The molecule has 0 unspecified atom stereocenters. The van der Waals surface area contributed by atoms with Gasteiger partial charge in [-0.1, -0.05) is 32.1 Å². The molecule has 3 aromatic carbocycles. The zero-order valence-electron chi connectivity index (χ0n) is 24.6. The van der Waals surface area contributed by atoms with Gasteiger partial charge < -0.3 is 19.9 Å². The Morgan fingerprint density at radius 3 is 2.57 bits per heavy atom. The summed E-state index contributed by atoms with van der Waals surface area (Å²) in [6.45, 7) is 12.2. The third-order valence-electron chi connectivity index (χ3n) is 6.69. The van der Waals surface area contributed by atoms with E-state index in [1.807, 2.05) is 44.2 Å². The molecule has 0 aliphatic heterocycles. The molecule has 0 atom stereocenters. The Labute approximate surface area is 245 Å². The van der Waals surface area contributed by atoms with Crippen molar-refractivity contribution in [3.8, 4) is 28.6 Å². The molecule has 4 rings (SSSR count). The summed E-state index contributed by atoms with van der Waals surface area (Å²) in [6, 6.07) is 14.8. The lowest BCUT2D eigenvalue weighted by Gasteiger charge is -2.18. The Hall–Kier alpha value is -4.92. The molecule has 4 aromatic rings. The van der Waals surface area contributed by atoms with Gasteiger partial charge in [-0.25, -0.2) is 4.98 Å². The second kappa shape index (κ2) is 13.2. The van der Waals surface area contributed by atoms with Gasteiger partial charge in [0, 0.05) is 11.1 Å². The predicted molar refractivity (Wildman–Crippen MR) is 166 cm³/mol. The van der Waals surface area contributed by atoms with Crippen molar-refractivity contribution >= 4 is 23.0 Å². The van der Waals surface area contributed by atoms with Crippen LogP contribution in [0.4, 0.5) is 0 Å². The van der Waals surface area contributed by atoms with Gasteiger partial charge in [0.2, 0.25) is 0 Å². The number of methoxy groups -OCH3 is 1. The molecule has 0 aliphatic carbocycles. The van der Waals surface area contributed by atoms with Crippen LogP contribution in [-0.2, 0) is 11.2 Å². The summed E-state index contributed by atoms with van der Waals surface area (Å²) in [7, 11) is 1.50. The molecule has 0 spiro atoms. The Bertz CT molecular complexity index is 1720. The van der Waals surface area contributed by atoms with E-state index < -0.39 is 5.91 Å². The molecule has 0 fully saturated rings. The van der Waals surface area contributed by atoms with Crippen molar-refractivity contribution in [2.45, 2.75) is 40.0 Å². The zero-order chi connectivity index (χ0) is 30.4. The first-order valence-corrected chi connectivity index (χ1v) is 13.7. The first kappa shape index (κ1) is 30.0. The second-order valence-electron chi connectivity index (χ2n) is 10.1. The van der Waals surface area contributed by atoms with Crippen LogP contribution in [-0.4, -0.2) is 42.1 Å². The molecule has 1 aromatic heterocycles. The molecule has 0 saturated carbocycles. The summed E-state index contributed by atoms with van der Waals surface area (Å²) in [5.74, 6) is 1.59. The van der Waals surface area contributed by atoms with Crippen LogP contribution in [0.1, 0.15) is 48.9 Å². The first-order chi connectivity index (χ1) is 20.2. The number of primary amides is 1. The molecule has 1 heterocycles. The van der Waals surface area contributed by atoms with E-state index in [2.05, 4.69) is 25.5 Å². The van der Waals surface area contributed by atoms with Crippen molar-refractivity contribution in [2.75, 3.05) is 20.3 Å². The van der Waals surface area contributed by atoms with E-state index in [1.165, 1.54) is 11.8 Å². The SMILES string of the molecule is C=CCc1cc(C=Nn2c(-c3cc(C(C)C)c(OCC)cc3C)nc3ccccc3c2=O)cc(OC)c1OCC(N)=O. The third-order valence-corrected chi connectivity index (χ3v) is 6.69. The van der Waals surface area contributed by atoms with Gasteiger partial charge in [-0.3, -0.25) is 9.59 Å². The van der Waals surface area contributed by atoms with Crippen LogP contribution in [0, 0.1) is 6.92 Å². The monoisotopic (exact) mass is 568 g/mol. The average molecular weight is 569 g/mol. The fourth-order valence-electron chi connectivity index (χ4n) is 4.72. The maximum Gasteiger partial charge on any atom is 0.282 e. The van der Waals surface area contributed by atoms with Gasteiger partial charge in [-0.2, -0.15) is 9.78 Å². The maximum absolute atomic E-state index is 13.8. The standard InChI is InChI=1S/C33H36N4O5/c1-7-11-23-15-22(16-29(40-6)31(23)42-19-30(34)38)18-35-37-32(36-27-13-10-9-12-24(27)33(37)39)26-17-25(20(3)4)28(41-8-2)14-21(26)5/h7,9-10,12-18,20H,1,8,11,19H2,2-6H3,(H2,34,38). The Morgan fingerprint density at radius 2 is 1.90 bits per heavy atom. The summed E-state index contributed by atoms with van der Waals surface area (Å²) in [5.41, 5.74) is 9.63. The van der Waals surface area contributed by atoms with Gasteiger partial charge in [0.15, 0.2) is 23.9 Å². The summed E-state index contributed by atoms with van der Waals surface area (Å²) in [5, 5.41) is 5.10. The van der Waals surface area contributed by atoms with Gasteiger partial charge in [0.25, 0.3) is 11.5 Å². The van der Waals surface area contributed by atoms with E-state index >= 15 is 0 Å². The Morgan fingerprint density at radius 1 is 1.14 bits per heavy atom. The van der Waals surface area contributed by atoms with Crippen LogP contribution in [0.25, 0.3) is 22.3 Å². The normalized spacial score (nSPS) is 11.3. The van der Waals surface area contributed by atoms with Gasteiger partial charge in [0.05, 0.1) is 30.8 Å². The predicted octanol–water partition coefficient (Wildman–Crippen LogP) is 5.38. The van der Waals surface area contributed by atoms with Crippen LogP contribution in [0.5, 0.6) is 17.2 Å². The number of rotatable bonds is 12. The zero-order valence-corrected chi connectivity index (χ0v) is 24.6. The van der Waals surface area contributed by atoms with Crippen molar-refractivity contribution in [1.82, 2.24) is 9.66 Å². The number of aromatic nitrogens is 2. The number of benzene rings is 3. The van der Waals surface area contributed by atoms with Crippen molar-refractivity contribution in [3.05, 3.63) is 93.8 Å². The van der Waals surface area contributed by atoms with E-state index in [4.69, 9.17) is 24.9 Å². The van der Waals surface area contributed by atoms with Crippen molar-refractivity contribution in [3.63, 3.8) is 0 Å². The summed E-state index contributed by atoms with van der Waals surface area (Å²) in [4.78, 5) is 30.1. The number of hydrogen-bond donors (Lipinski definition) is 1. The summed E-state index contributed by atoms with van der Waals surface area (Å²) >= 11 is 0. The molecule has 1 amide bonds. The molecule has 0 bridgehead atoms. The van der Waals surface area contributed by atoms with Crippen molar-refractivity contribution < 1.29 is 19.0 Å². The highest BCUT2D eigenvalue weighted by atomic mass is 16.5. The number of carbonyl (C=O) groups excluding carboxylic acids is 1. The second-order valence-corrected chi connectivity index (χ2v) is 10.1. The molecule has 218 valence electrons. The quantitative estimate of drug-likeness (QED) is 0.181. The molecular formula is C33H36N4O5.